The molecule has 0 aliphatic rings. The highest BCUT2D eigenvalue weighted by Crippen LogP contribution is 2.56. The highest BCUT2D eigenvalue weighted by Gasteiger charge is 2.51. The molecule has 0 fully saturated rings. The molecule has 6 rings (SSSR count). The topological polar surface area (TPSA) is 140 Å². The fourth-order valence-electron chi connectivity index (χ4n) is 8.29. The van der Waals surface area contributed by atoms with Gasteiger partial charge < -0.3 is 10.2 Å². The van der Waals surface area contributed by atoms with Gasteiger partial charge in [0.25, 0.3) is 0 Å². The lowest BCUT2D eigenvalue weighted by atomic mass is 9.73. The van der Waals surface area contributed by atoms with E-state index in [2.05, 4.69) is 52.0 Å². The summed E-state index contributed by atoms with van der Waals surface area (Å²) < 4.78 is 12.0. The summed E-state index contributed by atoms with van der Waals surface area (Å²) in [4.78, 5) is 48.0. The van der Waals surface area contributed by atoms with E-state index < -0.39 is 69.4 Å². The first-order chi connectivity index (χ1) is 29.6. The third-order valence-corrected chi connectivity index (χ3v) is 16.2. The minimum Gasteiger partial charge on any atom is -0.396 e. The van der Waals surface area contributed by atoms with Crippen molar-refractivity contribution in [2.24, 2.45) is 5.41 Å². The second-order valence-corrected chi connectivity index (χ2v) is 22.5. The molecule has 332 valence electrons. The van der Waals surface area contributed by atoms with Crippen LogP contribution in [0.25, 0.3) is 0 Å². The Hall–Kier alpha value is -4.14. The first kappa shape index (κ1) is 48.3. The van der Waals surface area contributed by atoms with E-state index in [0.29, 0.717) is 11.1 Å². The first-order valence-electron chi connectivity index (χ1n) is 21.4. The van der Waals surface area contributed by atoms with Gasteiger partial charge in [-0.05, 0) is 57.6 Å². The van der Waals surface area contributed by atoms with E-state index in [0.717, 1.165) is 33.4 Å². The number of aliphatic hydroxyl groups excluding tert-OH is 2. The average Bonchev–Trinajstić information content (AvgIpc) is 3.30. The van der Waals surface area contributed by atoms with Crippen molar-refractivity contribution in [2.45, 2.75) is 77.0 Å². The Labute approximate surface area is 375 Å². The summed E-state index contributed by atoms with van der Waals surface area (Å²) in [7, 11) is -8.89. The van der Waals surface area contributed by atoms with Crippen LogP contribution in [0.4, 0.5) is 0 Å². The lowest BCUT2D eigenvalue weighted by Crippen LogP contribution is -2.41. The summed E-state index contributed by atoms with van der Waals surface area (Å²) in [5.41, 5.74) is 3.32. The van der Waals surface area contributed by atoms with Gasteiger partial charge in [-0.25, -0.2) is 0 Å². The monoisotopic (exact) mass is 890 g/mol. The second-order valence-electron chi connectivity index (χ2n) is 18.9. The van der Waals surface area contributed by atoms with Crippen molar-refractivity contribution in [2.75, 3.05) is 26.4 Å². The molecule has 6 aromatic rings. The largest absolute Gasteiger partial charge is 0.443 e. The molecule has 0 spiro atoms. The third-order valence-electron chi connectivity index (χ3n) is 13.2. The van der Waals surface area contributed by atoms with Gasteiger partial charge in [0.15, 0.2) is 10.6 Å². The fourth-order valence-corrected chi connectivity index (χ4v) is 11.3. The van der Waals surface area contributed by atoms with E-state index in [-0.39, 0.29) is 10.6 Å². The Morgan fingerprint density at radius 1 is 0.365 bits per heavy atom. The molecule has 0 heterocycles. The van der Waals surface area contributed by atoms with E-state index in [1.165, 1.54) is 0 Å². The number of benzene rings is 6. The zero-order chi connectivity index (χ0) is 45.9. The molecule has 10 heteroatoms. The third kappa shape index (κ3) is 10.1. The van der Waals surface area contributed by atoms with Gasteiger partial charge in [-0.2, -0.15) is 28.6 Å². The highest BCUT2D eigenvalue weighted by molar-refractivity contribution is 7.68. The van der Waals surface area contributed by atoms with E-state index in [4.69, 9.17) is 9.05 Å². The van der Waals surface area contributed by atoms with Gasteiger partial charge >= 0.3 is 15.9 Å². The molecule has 6 N–H and O–H groups in total. The molecule has 63 heavy (non-hydrogen) atoms. The maximum Gasteiger partial charge on any atom is 0.443 e. The van der Waals surface area contributed by atoms with Crippen LogP contribution in [0.3, 0.4) is 0 Å². The normalized spacial score (nSPS) is 13.3. The summed E-state index contributed by atoms with van der Waals surface area (Å²) in [6.07, 6.45) is 0. The van der Waals surface area contributed by atoms with Gasteiger partial charge in [0, 0.05) is 32.8 Å². The Kier molecular flexibility index (Phi) is 14.4. The van der Waals surface area contributed by atoms with Crippen LogP contribution in [0, 0.1) is 5.41 Å². The Bertz CT molecular complexity index is 2260. The second kappa shape index (κ2) is 18.8. The van der Waals surface area contributed by atoms with Crippen molar-refractivity contribution in [1.29, 1.82) is 0 Å². The Morgan fingerprint density at radius 2 is 0.635 bits per heavy atom. The number of hydrogen-bond acceptors (Lipinski definition) is 8. The van der Waals surface area contributed by atoms with E-state index in [1.807, 2.05) is 149 Å². The Morgan fingerprint density at radius 3 is 0.905 bits per heavy atom. The van der Waals surface area contributed by atoms with E-state index in [9.17, 15) is 29.8 Å². The van der Waals surface area contributed by atoms with Gasteiger partial charge in [-0.3, -0.25) is 0 Å². The maximum absolute atomic E-state index is 12.0. The molecule has 0 saturated carbocycles. The van der Waals surface area contributed by atoms with Gasteiger partial charge in [-0.15, -0.1) is 0 Å². The summed E-state index contributed by atoms with van der Waals surface area (Å²) in [6.45, 7) is 14.0. The summed E-state index contributed by atoms with van der Waals surface area (Å²) >= 11 is 0. The van der Waals surface area contributed by atoms with Gasteiger partial charge in [-0.1, -0.05) is 189 Å². The molecular weight excluding hydrogens is 827 g/mol. The lowest BCUT2D eigenvalue weighted by molar-refractivity contribution is -0.0259. The zero-order valence-electron chi connectivity index (χ0n) is 37.7. The minimum absolute atomic E-state index is 0.187. The Balaban J connectivity index is 1.33. The van der Waals surface area contributed by atoms with Crippen molar-refractivity contribution >= 4 is 26.5 Å². The van der Waals surface area contributed by atoms with Crippen LogP contribution in [-0.2, 0) is 30.7 Å². The highest BCUT2D eigenvalue weighted by atomic mass is 31.2. The molecule has 0 amide bonds. The van der Waals surface area contributed by atoms with Crippen molar-refractivity contribution in [1.82, 2.24) is 0 Å². The van der Waals surface area contributed by atoms with Crippen LogP contribution in [0.1, 0.15) is 99.9 Å². The van der Waals surface area contributed by atoms with Crippen LogP contribution >= 0.6 is 15.9 Å². The number of aliphatic hydroxyl groups is 2. The summed E-state index contributed by atoms with van der Waals surface area (Å²) in [5.74, 6) is 0. The van der Waals surface area contributed by atoms with Crippen molar-refractivity contribution in [3.8, 4) is 0 Å². The van der Waals surface area contributed by atoms with Crippen LogP contribution in [-0.4, -0.2) is 56.2 Å². The van der Waals surface area contributed by atoms with Gasteiger partial charge in [0.05, 0.1) is 18.6 Å². The molecule has 0 atom stereocenters. The number of hydrogen-bond donors (Lipinski definition) is 6. The van der Waals surface area contributed by atoms with Crippen LogP contribution < -0.4 is 10.6 Å². The molecule has 0 bridgehead atoms. The predicted octanol–water partition coefficient (Wildman–Crippen LogP) is 9.44. The molecule has 0 aromatic heterocycles. The summed E-state index contributed by atoms with van der Waals surface area (Å²) in [5, 5.41) is 22.0. The molecule has 0 unspecified atom stereocenters. The van der Waals surface area contributed by atoms with Crippen LogP contribution in [0.5, 0.6) is 0 Å². The van der Waals surface area contributed by atoms with E-state index in [1.54, 1.807) is 12.1 Å². The van der Waals surface area contributed by atoms with Crippen molar-refractivity contribution in [3.63, 3.8) is 0 Å². The first-order valence-corrected chi connectivity index (χ1v) is 24.6. The standard InChI is InChI=1S/C53H64O8P2/c1-49(2,39-21-13-9-14-22-39)43-29-31-47(45(33-43)51(5,6)41-25-17-11-18-26-41)62(56,57)60-37-53(35-54,36-55)38-61-63(58,59)48-32-30-44(50(3,4)40-23-15-10-16-24-40)34-46(48)52(7,8)42-27-19-12-20-28-42/h9-34,54-59H,35-38H2,1-8H3/q+2. The van der Waals surface area contributed by atoms with Crippen molar-refractivity contribution < 1.29 is 38.8 Å². The van der Waals surface area contributed by atoms with Crippen LogP contribution in [0.15, 0.2) is 158 Å². The molecule has 0 radical (unpaired) electrons. The fraction of sp³-hybridized carbons (Fsp3) is 0.321. The zero-order valence-corrected chi connectivity index (χ0v) is 39.5. The SMILES string of the molecule is CC(C)(c1ccccc1)c1ccc([P+](O)(O)OCC(CO)(CO)CO[P+](O)(O)c2ccc(C(C)(C)c3ccccc3)cc2C(C)(C)c2ccccc2)c(C(C)(C)c2ccccc2)c1. The number of rotatable bonds is 18. The molecular formula is C53H64O8P2+2. The smallest absolute Gasteiger partial charge is 0.396 e. The average molecular weight is 891 g/mol. The molecule has 0 saturated heterocycles. The molecule has 6 aromatic carbocycles. The van der Waals surface area contributed by atoms with Gasteiger partial charge in [0.1, 0.15) is 13.2 Å². The molecule has 0 aliphatic carbocycles. The van der Waals surface area contributed by atoms with Gasteiger partial charge in [0.2, 0.25) is 0 Å². The quantitative estimate of drug-likeness (QED) is 0.0470. The predicted molar refractivity (Wildman–Crippen MR) is 258 cm³/mol. The summed E-state index contributed by atoms with van der Waals surface area (Å²) in [6, 6.07) is 51.0. The molecule has 8 nitrogen and oxygen atoms in total. The molecule has 0 aliphatic heterocycles. The minimum atomic E-state index is -4.44. The van der Waals surface area contributed by atoms with Crippen molar-refractivity contribution in [3.05, 3.63) is 202 Å². The lowest BCUT2D eigenvalue weighted by Gasteiger charge is -2.33. The maximum atomic E-state index is 12.0. The van der Waals surface area contributed by atoms with Crippen LogP contribution in [0.2, 0.25) is 0 Å². The van der Waals surface area contributed by atoms with E-state index >= 15 is 0 Å².